The van der Waals surface area contributed by atoms with Crippen molar-refractivity contribution >= 4 is 46.1 Å². The molecular weight excluding hydrogens is 753 g/mol. The van der Waals surface area contributed by atoms with Gasteiger partial charge in [0.25, 0.3) is 0 Å². The standard InChI is InChI=1S/C41H56N6O9S/c1-7-24-18-41(24,36(52)53)46-34(50)30-15-25(19-47(30)35(51)33(39(4,5)6)45-38(54)56-27-13-22-12-23(22)14-27)40-9-8-26(55-11-10-48)16-31(40)43-28(17-32(40)49)29-20-57-37(44-29)42-21(2)3/h8,16-17,20-25,27,30,33,48-49H,7,9-15,18-19H2,1-6H3,(H,42,44)(H,45,54)(H,46,50)(H,52,53)/t22-,23+,24?,25-,27+,30?,33?,40?,41-/m1/s1. The number of carbonyl (C=O) groups is 4. The van der Waals surface area contributed by atoms with Crippen LogP contribution in [0.25, 0.3) is 0 Å². The van der Waals surface area contributed by atoms with E-state index in [-0.39, 0.29) is 62.8 Å². The van der Waals surface area contributed by atoms with Gasteiger partial charge in [-0.2, -0.15) is 0 Å². The molecule has 3 amide bonds. The fourth-order valence-electron chi connectivity index (χ4n) is 9.31. The minimum atomic E-state index is -1.44. The Labute approximate surface area is 337 Å². The van der Waals surface area contributed by atoms with Crippen molar-refractivity contribution in [2.75, 3.05) is 25.1 Å². The quantitative estimate of drug-likeness (QED) is 0.149. The molecule has 3 heterocycles. The highest BCUT2D eigenvalue weighted by molar-refractivity contribution is 7.13. The Morgan fingerprint density at radius 2 is 1.84 bits per heavy atom. The number of aliphatic hydroxyl groups excluding tert-OH is 2. The summed E-state index contributed by atoms with van der Waals surface area (Å²) in [5.41, 5.74) is -2.05. The Morgan fingerprint density at radius 3 is 2.47 bits per heavy atom. The third-order valence-electron chi connectivity index (χ3n) is 12.6. The van der Waals surface area contributed by atoms with Crippen LogP contribution in [0.4, 0.5) is 9.93 Å². The van der Waals surface area contributed by atoms with Gasteiger partial charge in [0.15, 0.2) is 5.13 Å². The molecule has 6 aliphatic rings. The predicted molar refractivity (Wildman–Crippen MR) is 212 cm³/mol. The van der Waals surface area contributed by atoms with E-state index in [4.69, 9.17) is 19.5 Å². The molecule has 1 aromatic heterocycles. The second kappa shape index (κ2) is 15.4. The van der Waals surface area contributed by atoms with E-state index in [0.717, 1.165) is 19.3 Å². The van der Waals surface area contributed by atoms with Gasteiger partial charge in [0.1, 0.15) is 47.5 Å². The first-order chi connectivity index (χ1) is 27.0. The maximum atomic E-state index is 14.9. The van der Waals surface area contributed by atoms with Gasteiger partial charge >= 0.3 is 12.1 Å². The van der Waals surface area contributed by atoms with Crippen LogP contribution in [0.2, 0.25) is 0 Å². The molecule has 0 spiro atoms. The summed E-state index contributed by atoms with van der Waals surface area (Å²) >= 11 is 1.41. The van der Waals surface area contributed by atoms with Crippen molar-refractivity contribution in [3.05, 3.63) is 46.5 Å². The number of amides is 3. The fraction of sp³-hybridized carbons (Fsp3) is 0.659. The lowest BCUT2D eigenvalue weighted by atomic mass is 9.65. The highest BCUT2D eigenvalue weighted by atomic mass is 32.1. The van der Waals surface area contributed by atoms with E-state index in [2.05, 4.69) is 16.0 Å². The molecule has 16 heteroatoms. The first-order valence-electron chi connectivity index (χ1n) is 20.2. The molecule has 15 nitrogen and oxygen atoms in total. The number of ether oxygens (including phenoxy) is 2. The largest absolute Gasteiger partial charge is 0.511 e. The number of anilines is 1. The first kappa shape index (κ1) is 40.7. The van der Waals surface area contributed by atoms with Crippen LogP contribution in [0.3, 0.4) is 0 Å². The van der Waals surface area contributed by atoms with Gasteiger partial charge in [-0.25, -0.2) is 19.6 Å². The average Bonchev–Trinajstić information content (AvgIpc) is 3.80. The molecule has 1 saturated heterocycles. The zero-order valence-corrected chi connectivity index (χ0v) is 34.4. The molecule has 6 N–H and O–H groups in total. The summed E-state index contributed by atoms with van der Waals surface area (Å²) in [5.74, 6) is -1.49. The van der Waals surface area contributed by atoms with Crippen LogP contribution in [-0.2, 0) is 23.9 Å². The number of aliphatic imine (C=N–C) groups is 1. The maximum absolute atomic E-state index is 14.9. The van der Waals surface area contributed by atoms with E-state index in [1.807, 2.05) is 46.9 Å². The summed E-state index contributed by atoms with van der Waals surface area (Å²) in [7, 11) is 0. The second-order valence-electron chi connectivity index (χ2n) is 18.0. The molecule has 57 heavy (non-hydrogen) atoms. The van der Waals surface area contributed by atoms with E-state index in [1.165, 1.54) is 16.2 Å². The van der Waals surface area contributed by atoms with Crippen LogP contribution in [0, 0.1) is 34.5 Å². The van der Waals surface area contributed by atoms with Crippen LogP contribution in [-0.4, -0.2) is 104 Å². The van der Waals surface area contributed by atoms with Crippen molar-refractivity contribution in [3.8, 4) is 0 Å². The van der Waals surface area contributed by atoms with Crippen LogP contribution in [0.15, 0.2) is 45.8 Å². The molecule has 4 fully saturated rings. The number of carboxylic acids is 1. The number of aliphatic carboxylic acids is 1. The molecule has 3 saturated carbocycles. The van der Waals surface area contributed by atoms with Gasteiger partial charge in [0.2, 0.25) is 11.8 Å². The molecule has 4 unspecified atom stereocenters. The summed E-state index contributed by atoms with van der Waals surface area (Å²) in [6.07, 6.45) is 8.07. The van der Waals surface area contributed by atoms with Gasteiger partial charge in [-0.3, -0.25) is 9.59 Å². The Balaban J connectivity index is 1.22. The number of hydrogen-bond donors (Lipinski definition) is 6. The summed E-state index contributed by atoms with van der Waals surface area (Å²) in [6, 6.07) is -2.07. The van der Waals surface area contributed by atoms with Gasteiger partial charge in [-0.15, -0.1) is 11.3 Å². The molecule has 310 valence electrons. The minimum absolute atomic E-state index is 0.0105. The average molecular weight is 809 g/mol. The molecule has 1 aromatic rings. The van der Waals surface area contributed by atoms with E-state index in [9.17, 15) is 34.5 Å². The number of allylic oxidation sites excluding steroid dienone is 3. The number of rotatable bonds is 14. The molecule has 0 aromatic carbocycles. The third-order valence-corrected chi connectivity index (χ3v) is 13.4. The Hall–Kier alpha value is -4.44. The summed E-state index contributed by atoms with van der Waals surface area (Å²) in [5, 5.41) is 43.4. The lowest BCUT2D eigenvalue weighted by Gasteiger charge is -2.42. The van der Waals surface area contributed by atoms with Crippen LogP contribution < -0.4 is 16.0 Å². The number of dihydropyridines is 1. The number of nitrogens with zero attached hydrogens (tertiary/aromatic N) is 3. The predicted octanol–water partition coefficient (Wildman–Crippen LogP) is 4.90. The molecule has 7 rings (SSSR count). The number of hydrogen-bond acceptors (Lipinski definition) is 12. The number of carboxylic acid groups (broad SMARTS) is 1. The highest BCUT2D eigenvalue weighted by Crippen LogP contribution is 2.55. The number of fused-ring (bicyclic) bond motifs is 2. The summed E-state index contributed by atoms with van der Waals surface area (Å²) < 4.78 is 11.6. The van der Waals surface area contributed by atoms with Crippen molar-refractivity contribution in [2.24, 2.45) is 39.5 Å². The van der Waals surface area contributed by atoms with E-state index >= 15 is 0 Å². The number of aliphatic hydroxyl groups is 2. The summed E-state index contributed by atoms with van der Waals surface area (Å²) in [6.45, 7) is 11.2. The SMILES string of the molecule is CCC1C[C@]1(NC(=O)C1C[C@@H](C23CC=C(OCCO)C=C2N=C(c2csc(NC(C)C)n2)C=C3O)CN1C(=O)C(NC(=O)O[C@@H]1C[C@@H]2C[C@@H]2C1)C(C)(C)C)C(=O)O. The van der Waals surface area contributed by atoms with Gasteiger partial charge in [-0.05, 0) is 87.5 Å². The zero-order valence-electron chi connectivity index (χ0n) is 33.5. The number of aromatic nitrogens is 1. The lowest BCUT2D eigenvalue weighted by Crippen LogP contribution is -2.59. The van der Waals surface area contributed by atoms with E-state index < -0.39 is 58.2 Å². The number of likely N-dealkylation sites (tertiary alicyclic amines) is 1. The molecule has 9 atom stereocenters. The van der Waals surface area contributed by atoms with Crippen LogP contribution in [0.5, 0.6) is 0 Å². The number of carbonyl (C=O) groups excluding carboxylic acids is 3. The first-order valence-corrected chi connectivity index (χ1v) is 21.1. The van der Waals surface area contributed by atoms with Crippen LogP contribution >= 0.6 is 11.3 Å². The molecule has 0 radical (unpaired) electrons. The maximum Gasteiger partial charge on any atom is 0.408 e. The molecule has 4 aliphatic carbocycles. The Morgan fingerprint density at radius 1 is 1.11 bits per heavy atom. The molecule has 2 aliphatic heterocycles. The number of thiazole rings is 1. The smallest absolute Gasteiger partial charge is 0.408 e. The van der Waals surface area contributed by atoms with Gasteiger partial charge in [0.05, 0.1) is 23.4 Å². The van der Waals surface area contributed by atoms with Crippen molar-refractivity contribution < 1.29 is 44.0 Å². The van der Waals surface area contributed by atoms with Crippen molar-refractivity contribution in [3.63, 3.8) is 0 Å². The minimum Gasteiger partial charge on any atom is -0.511 e. The summed E-state index contributed by atoms with van der Waals surface area (Å²) in [4.78, 5) is 66.4. The second-order valence-corrected chi connectivity index (χ2v) is 18.8. The fourth-order valence-corrected chi connectivity index (χ4v) is 10.2. The number of nitrogens with one attached hydrogen (secondary N) is 3. The normalized spacial score (nSPS) is 31.8. The monoisotopic (exact) mass is 808 g/mol. The zero-order chi connectivity index (χ0) is 41.0. The van der Waals surface area contributed by atoms with Crippen LogP contribution in [0.1, 0.15) is 92.2 Å². The Kier molecular flexibility index (Phi) is 11.0. The van der Waals surface area contributed by atoms with E-state index in [0.29, 0.717) is 46.3 Å². The highest BCUT2D eigenvalue weighted by Gasteiger charge is 2.63. The van der Waals surface area contributed by atoms with E-state index in [1.54, 1.807) is 18.2 Å². The number of alkyl carbamates (subject to hydrolysis) is 1. The van der Waals surface area contributed by atoms with Gasteiger partial charge in [-0.1, -0.05) is 34.1 Å². The topological polar surface area (TPSA) is 212 Å². The van der Waals surface area contributed by atoms with Gasteiger partial charge < -0.3 is 45.6 Å². The molecule has 0 bridgehead atoms. The van der Waals surface area contributed by atoms with Gasteiger partial charge in [0, 0.05) is 30.1 Å². The van der Waals surface area contributed by atoms with Crippen molar-refractivity contribution in [2.45, 2.75) is 116 Å². The molecular formula is C41H56N6O9S. The lowest BCUT2D eigenvalue weighted by molar-refractivity contribution is -0.146. The third kappa shape index (κ3) is 7.91. The van der Waals surface area contributed by atoms with Crippen molar-refractivity contribution in [1.29, 1.82) is 0 Å². The van der Waals surface area contributed by atoms with Crippen molar-refractivity contribution in [1.82, 2.24) is 20.5 Å². The Bertz CT molecular complexity index is 1910.